The summed E-state index contributed by atoms with van der Waals surface area (Å²) in [5.74, 6) is 0. The predicted molar refractivity (Wildman–Crippen MR) is 15.8 cm³/mol. The summed E-state index contributed by atoms with van der Waals surface area (Å²) < 4.78 is 58.9. The molecule has 3 nitrogen and oxygen atoms in total. The number of hydrogen-bond acceptors (Lipinski definition) is 3. The first-order valence-electron chi connectivity index (χ1n) is 1.27. The van der Waals surface area contributed by atoms with Gasteiger partial charge in [0.2, 0.25) is 0 Å². The van der Waals surface area contributed by atoms with Crippen LogP contribution in [0.2, 0.25) is 0 Å². The van der Waals surface area contributed by atoms with E-state index in [1.165, 1.54) is 0 Å². The van der Waals surface area contributed by atoms with Gasteiger partial charge in [0, 0.05) is 0 Å². The van der Waals surface area contributed by atoms with Crippen LogP contribution >= 0.6 is 0 Å². The van der Waals surface area contributed by atoms with Crippen molar-refractivity contribution in [3.63, 3.8) is 0 Å². The van der Waals surface area contributed by atoms with Gasteiger partial charge < -0.3 is 4.55 Å². The van der Waals surface area contributed by atoms with Gasteiger partial charge in [-0.05, 0) is 0 Å². The van der Waals surface area contributed by atoms with Crippen LogP contribution in [0.1, 0.15) is 0 Å². The van der Waals surface area contributed by atoms with Gasteiger partial charge in [-0.2, -0.15) is 13.2 Å². The topological polar surface area (TPSA) is 57.2 Å². The molecular formula is CF3O3RuS+2. The maximum absolute atomic E-state index is 10.7. The van der Waals surface area contributed by atoms with Gasteiger partial charge in [-0.15, -0.1) is 0 Å². The van der Waals surface area contributed by atoms with Crippen LogP contribution in [0.25, 0.3) is 0 Å². The summed E-state index contributed by atoms with van der Waals surface area (Å²) in [5.41, 5.74) is -5.65. The van der Waals surface area contributed by atoms with Gasteiger partial charge in [-0.1, -0.05) is 0 Å². The Morgan fingerprint density at radius 1 is 1.22 bits per heavy atom. The summed E-state index contributed by atoms with van der Waals surface area (Å²) in [6.07, 6.45) is 0. The summed E-state index contributed by atoms with van der Waals surface area (Å²) in [7, 11) is -6.09. The van der Waals surface area contributed by atoms with Gasteiger partial charge in [0.15, 0.2) is 10.1 Å². The van der Waals surface area contributed by atoms with Gasteiger partial charge >= 0.3 is 25.0 Å². The molecule has 0 spiro atoms. The molecule has 1 radical (unpaired) electrons. The number of rotatable bonds is 0. The Labute approximate surface area is 61.7 Å². The van der Waals surface area contributed by atoms with E-state index in [9.17, 15) is 13.2 Å². The van der Waals surface area contributed by atoms with Crippen LogP contribution < -0.4 is 0 Å². The number of alkyl halides is 3. The van der Waals surface area contributed by atoms with E-state index in [2.05, 4.69) is 0 Å². The first kappa shape index (κ1) is 12.0. The molecule has 0 N–H and O–H groups in total. The molecule has 0 aliphatic carbocycles. The van der Waals surface area contributed by atoms with Crippen LogP contribution in [0.5, 0.6) is 0 Å². The molecule has 0 aliphatic heterocycles. The predicted octanol–water partition coefficient (Wildman–Crippen LogP) is 0.0489. The smallest absolute Gasteiger partial charge is 0.741 e. The summed E-state index contributed by atoms with van der Waals surface area (Å²) in [4.78, 5) is 0. The average molecular weight is 250 g/mol. The Bertz CT molecular complexity index is 168. The van der Waals surface area contributed by atoms with E-state index in [-0.39, 0.29) is 19.5 Å². The van der Waals surface area contributed by atoms with E-state index in [0.717, 1.165) is 0 Å². The normalized spacial score (nSPS) is 12.4. The summed E-state index contributed by atoms with van der Waals surface area (Å²) in [6, 6.07) is 0. The molecule has 0 fully saturated rings. The molecule has 9 heavy (non-hydrogen) atoms. The fourth-order valence-corrected chi connectivity index (χ4v) is 0. The largest absolute Gasteiger partial charge is 3.00 e. The van der Waals surface area contributed by atoms with Crippen LogP contribution in [0.4, 0.5) is 13.2 Å². The Morgan fingerprint density at radius 3 is 1.33 bits per heavy atom. The van der Waals surface area contributed by atoms with Crippen molar-refractivity contribution in [2.45, 2.75) is 5.51 Å². The maximum Gasteiger partial charge on any atom is 3.00 e. The molecule has 0 saturated heterocycles. The molecule has 0 saturated carbocycles. The van der Waals surface area contributed by atoms with Crippen LogP contribution in [0.15, 0.2) is 0 Å². The third kappa shape index (κ3) is 3.83. The minimum atomic E-state index is -6.09. The summed E-state index contributed by atoms with van der Waals surface area (Å²) in [5, 5.41) is 0. The standard InChI is InChI=1S/CHF3O3S.Ru/c2-1(3,4)8(5,6)7;/h(H,5,6,7);/q;+3/p-1. The van der Waals surface area contributed by atoms with Crippen molar-refractivity contribution < 1.29 is 45.6 Å². The summed E-state index contributed by atoms with van der Waals surface area (Å²) in [6.45, 7) is 0. The van der Waals surface area contributed by atoms with Crippen molar-refractivity contribution >= 4 is 10.1 Å². The SMILES string of the molecule is O=S(=O)([O-])C(F)(F)F.[Ru+3]. The van der Waals surface area contributed by atoms with Crippen molar-refractivity contribution in [3.8, 4) is 0 Å². The first-order chi connectivity index (χ1) is 3.25. The number of hydrogen-bond donors (Lipinski definition) is 0. The molecule has 0 atom stereocenters. The molecule has 0 unspecified atom stereocenters. The zero-order valence-electron chi connectivity index (χ0n) is 3.62. The van der Waals surface area contributed by atoms with Gasteiger partial charge in [-0.25, -0.2) is 8.42 Å². The molecule has 0 aliphatic rings. The zero-order chi connectivity index (χ0) is 7.00. The van der Waals surface area contributed by atoms with Crippen molar-refractivity contribution in [1.82, 2.24) is 0 Å². The second-order valence-corrected chi connectivity index (χ2v) is 2.27. The molecule has 0 amide bonds. The Kier molecular flexibility index (Phi) is 3.93. The van der Waals surface area contributed by atoms with Crippen LogP contribution in [-0.2, 0) is 29.6 Å². The van der Waals surface area contributed by atoms with E-state index >= 15 is 0 Å². The Morgan fingerprint density at radius 2 is 1.33 bits per heavy atom. The van der Waals surface area contributed by atoms with Gasteiger partial charge in [-0.3, -0.25) is 0 Å². The van der Waals surface area contributed by atoms with E-state index < -0.39 is 15.6 Å². The second kappa shape index (κ2) is 2.94. The molecule has 0 aromatic carbocycles. The minimum Gasteiger partial charge on any atom is -0.741 e. The van der Waals surface area contributed by atoms with E-state index in [1.54, 1.807) is 0 Å². The third-order valence-corrected chi connectivity index (χ3v) is 0.850. The van der Waals surface area contributed by atoms with Crippen LogP contribution in [0.3, 0.4) is 0 Å². The maximum atomic E-state index is 10.7. The second-order valence-electron chi connectivity index (χ2n) is 0.900. The average Bonchev–Trinajstić information content (AvgIpc) is 1.25. The van der Waals surface area contributed by atoms with E-state index in [0.29, 0.717) is 0 Å². The van der Waals surface area contributed by atoms with Crippen molar-refractivity contribution in [1.29, 1.82) is 0 Å². The first-order valence-corrected chi connectivity index (χ1v) is 2.68. The van der Waals surface area contributed by atoms with Gasteiger partial charge in [0.1, 0.15) is 0 Å². The van der Waals surface area contributed by atoms with Crippen molar-refractivity contribution in [2.24, 2.45) is 0 Å². The number of halogens is 3. The molecule has 0 rings (SSSR count). The fraction of sp³-hybridized carbons (Fsp3) is 1.00. The van der Waals surface area contributed by atoms with Gasteiger partial charge in [0.25, 0.3) is 0 Å². The third-order valence-electron chi connectivity index (χ3n) is 0.283. The van der Waals surface area contributed by atoms with Crippen molar-refractivity contribution in [3.05, 3.63) is 0 Å². The Balaban J connectivity index is 0. The van der Waals surface area contributed by atoms with E-state index in [4.69, 9.17) is 13.0 Å². The molecule has 0 aromatic rings. The molecule has 55 valence electrons. The molecule has 8 heteroatoms. The molecular weight excluding hydrogens is 250 g/mol. The quantitative estimate of drug-likeness (QED) is 0.347. The monoisotopic (exact) mass is 251 g/mol. The van der Waals surface area contributed by atoms with Crippen molar-refractivity contribution in [2.75, 3.05) is 0 Å². The molecule has 0 aromatic heterocycles. The van der Waals surface area contributed by atoms with E-state index in [1.807, 2.05) is 0 Å². The zero-order valence-corrected chi connectivity index (χ0v) is 6.18. The van der Waals surface area contributed by atoms with Gasteiger partial charge in [0.05, 0.1) is 0 Å². The summed E-state index contributed by atoms with van der Waals surface area (Å²) >= 11 is 0. The van der Waals surface area contributed by atoms with Crippen LogP contribution in [-0.4, -0.2) is 18.5 Å². The fourth-order valence-electron chi connectivity index (χ4n) is 0. The van der Waals surface area contributed by atoms with Crippen LogP contribution in [0, 0.1) is 0 Å². The molecule has 0 bridgehead atoms. The minimum absolute atomic E-state index is 0. The molecule has 0 heterocycles. The Hall–Kier alpha value is 0.323.